The van der Waals surface area contributed by atoms with Crippen molar-refractivity contribution in [2.24, 2.45) is 0 Å². The molecule has 1 N–H and O–H groups in total. The maximum atomic E-state index is 13.1. The molecule has 0 aliphatic carbocycles. The van der Waals surface area contributed by atoms with Crippen molar-refractivity contribution in [1.82, 2.24) is 4.90 Å². The van der Waals surface area contributed by atoms with Crippen molar-refractivity contribution < 1.29 is 14.3 Å². The number of carbonyl (C=O) groups is 1. The number of halogens is 2. The normalized spacial score (nSPS) is 11.8. The molecule has 0 fully saturated rings. The van der Waals surface area contributed by atoms with Gasteiger partial charge in [0.25, 0.3) is 0 Å². The highest BCUT2D eigenvalue weighted by Crippen LogP contribution is 2.27. The summed E-state index contributed by atoms with van der Waals surface area (Å²) in [5, 5.41) is 8.97. The average Bonchev–Trinajstić information content (AvgIpc) is 2.42. The third-order valence-electron chi connectivity index (χ3n) is 3.13. The number of benzene rings is 2. The lowest BCUT2D eigenvalue weighted by atomic mass is 9.97. The number of nitrogens with zero attached hydrogens (tertiary/aromatic N) is 1. The minimum Gasteiger partial charge on any atom is -0.480 e. The quantitative estimate of drug-likeness (QED) is 0.921. The lowest BCUT2D eigenvalue weighted by Crippen LogP contribution is -2.30. The summed E-state index contributed by atoms with van der Waals surface area (Å²) in [6.07, 6.45) is 0. The zero-order valence-electron chi connectivity index (χ0n) is 11.6. The van der Waals surface area contributed by atoms with Gasteiger partial charge in [-0.1, -0.05) is 42.5 Å². The van der Waals surface area contributed by atoms with Crippen LogP contribution >= 0.6 is 12.4 Å². The Kier molecular flexibility index (Phi) is 6.34. The second-order valence-electron chi connectivity index (χ2n) is 4.67. The number of hydrogen-bond acceptors (Lipinski definition) is 2. The highest BCUT2D eigenvalue weighted by Gasteiger charge is 2.20. The molecule has 2 rings (SSSR count). The van der Waals surface area contributed by atoms with Crippen molar-refractivity contribution in [3.8, 4) is 0 Å². The van der Waals surface area contributed by atoms with E-state index in [1.807, 2.05) is 30.3 Å². The molecule has 0 aliphatic heterocycles. The van der Waals surface area contributed by atoms with E-state index in [1.54, 1.807) is 24.1 Å². The molecule has 0 radical (unpaired) electrons. The molecule has 0 aromatic heterocycles. The Bertz CT molecular complexity index is 575. The minimum absolute atomic E-state index is 0. The van der Waals surface area contributed by atoms with Crippen molar-refractivity contribution in [2.45, 2.75) is 6.04 Å². The van der Waals surface area contributed by atoms with E-state index in [4.69, 9.17) is 5.11 Å². The number of likely N-dealkylation sites (N-methyl/N-ethyl adjacent to an activating group) is 1. The first-order valence-corrected chi connectivity index (χ1v) is 6.30. The highest BCUT2D eigenvalue weighted by molar-refractivity contribution is 5.85. The summed E-state index contributed by atoms with van der Waals surface area (Å²) in [5.74, 6) is -1.20. The van der Waals surface area contributed by atoms with Gasteiger partial charge < -0.3 is 5.11 Å². The molecule has 0 amide bonds. The molecule has 3 nitrogen and oxygen atoms in total. The van der Waals surface area contributed by atoms with Gasteiger partial charge >= 0.3 is 5.97 Å². The Hall–Kier alpha value is -1.91. The van der Waals surface area contributed by atoms with E-state index in [2.05, 4.69) is 0 Å². The van der Waals surface area contributed by atoms with E-state index >= 15 is 0 Å². The van der Waals surface area contributed by atoms with Crippen LogP contribution in [-0.2, 0) is 4.79 Å². The SMILES string of the molecule is CN(CC(=O)O)C(c1ccccc1)c1ccc(F)cc1.Cl. The Labute approximate surface area is 129 Å². The van der Waals surface area contributed by atoms with Crippen LogP contribution in [0.1, 0.15) is 17.2 Å². The second kappa shape index (κ2) is 7.76. The summed E-state index contributed by atoms with van der Waals surface area (Å²) in [7, 11) is 1.75. The average molecular weight is 310 g/mol. The zero-order valence-corrected chi connectivity index (χ0v) is 12.4. The van der Waals surface area contributed by atoms with Crippen molar-refractivity contribution in [2.75, 3.05) is 13.6 Å². The van der Waals surface area contributed by atoms with Gasteiger partial charge in [0.15, 0.2) is 0 Å². The molecular weight excluding hydrogens is 293 g/mol. The van der Waals surface area contributed by atoms with E-state index in [0.717, 1.165) is 11.1 Å². The molecule has 5 heteroatoms. The Morgan fingerprint density at radius 1 is 1.10 bits per heavy atom. The molecule has 0 heterocycles. The van der Waals surface area contributed by atoms with Crippen LogP contribution in [0.15, 0.2) is 54.6 Å². The fourth-order valence-corrected chi connectivity index (χ4v) is 2.29. The summed E-state index contributed by atoms with van der Waals surface area (Å²) in [5.41, 5.74) is 1.84. The van der Waals surface area contributed by atoms with E-state index in [1.165, 1.54) is 12.1 Å². The van der Waals surface area contributed by atoms with E-state index < -0.39 is 5.97 Å². The third kappa shape index (κ3) is 4.55. The summed E-state index contributed by atoms with van der Waals surface area (Å²) in [6.45, 7) is -0.0864. The third-order valence-corrected chi connectivity index (χ3v) is 3.13. The molecule has 0 bridgehead atoms. The summed E-state index contributed by atoms with van der Waals surface area (Å²) >= 11 is 0. The smallest absolute Gasteiger partial charge is 0.317 e. The van der Waals surface area contributed by atoms with Gasteiger partial charge in [-0.05, 0) is 30.3 Å². The lowest BCUT2D eigenvalue weighted by molar-refractivity contribution is -0.138. The Morgan fingerprint density at radius 2 is 1.62 bits per heavy atom. The van der Waals surface area contributed by atoms with Gasteiger partial charge in [0.05, 0.1) is 12.6 Å². The standard InChI is InChI=1S/C16H16FNO2.ClH/c1-18(11-15(19)20)16(12-5-3-2-4-6-12)13-7-9-14(17)10-8-13;/h2-10,16H,11H2,1H3,(H,19,20);1H. The van der Waals surface area contributed by atoms with Crippen LogP contribution in [0.4, 0.5) is 4.39 Å². The number of rotatable bonds is 5. The maximum absolute atomic E-state index is 13.1. The first-order valence-electron chi connectivity index (χ1n) is 6.30. The first kappa shape index (κ1) is 17.1. The van der Waals surface area contributed by atoms with Crippen molar-refractivity contribution in [3.05, 3.63) is 71.5 Å². The van der Waals surface area contributed by atoms with Crippen LogP contribution < -0.4 is 0 Å². The van der Waals surface area contributed by atoms with E-state index in [0.29, 0.717) is 0 Å². The highest BCUT2D eigenvalue weighted by atomic mass is 35.5. The molecule has 2 aromatic rings. The first-order chi connectivity index (χ1) is 9.58. The second-order valence-corrected chi connectivity index (χ2v) is 4.67. The van der Waals surface area contributed by atoms with Crippen molar-refractivity contribution >= 4 is 18.4 Å². The monoisotopic (exact) mass is 309 g/mol. The van der Waals surface area contributed by atoms with Crippen molar-refractivity contribution in [3.63, 3.8) is 0 Å². The van der Waals surface area contributed by atoms with Gasteiger partial charge in [0.1, 0.15) is 5.82 Å². The summed E-state index contributed by atoms with van der Waals surface area (Å²) in [6, 6.07) is 15.5. The molecule has 21 heavy (non-hydrogen) atoms. The van der Waals surface area contributed by atoms with Gasteiger partial charge in [-0.15, -0.1) is 12.4 Å². The number of hydrogen-bond donors (Lipinski definition) is 1. The number of aliphatic carboxylic acids is 1. The summed E-state index contributed by atoms with van der Waals surface area (Å²) in [4.78, 5) is 12.7. The van der Waals surface area contributed by atoms with Crippen LogP contribution in [0.25, 0.3) is 0 Å². The number of carboxylic acids is 1. The molecule has 2 aromatic carbocycles. The van der Waals surface area contributed by atoms with Crippen molar-refractivity contribution in [1.29, 1.82) is 0 Å². The minimum atomic E-state index is -0.893. The topological polar surface area (TPSA) is 40.5 Å². The number of carboxylic acid groups (broad SMARTS) is 1. The Morgan fingerprint density at radius 3 is 2.14 bits per heavy atom. The van der Waals surface area contributed by atoms with Gasteiger partial charge in [0, 0.05) is 0 Å². The van der Waals surface area contributed by atoms with Gasteiger partial charge in [-0.2, -0.15) is 0 Å². The van der Waals surface area contributed by atoms with Gasteiger partial charge in [0.2, 0.25) is 0 Å². The van der Waals surface area contributed by atoms with Gasteiger partial charge in [-0.3, -0.25) is 9.69 Å². The zero-order chi connectivity index (χ0) is 14.5. The van der Waals surface area contributed by atoms with Gasteiger partial charge in [-0.25, -0.2) is 4.39 Å². The fraction of sp³-hybridized carbons (Fsp3) is 0.188. The molecule has 1 unspecified atom stereocenters. The molecule has 0 aliphatic rings. The van der Waals surface area contributed by atoms with E-state index in [9.17, 15) is 9.18 Å². The predicted octanol–water partition coefficient (Wildman–Crippen LogP) is 3.35. The van der Waals surface area contributed by atoms with Crippen LogP contribution in [0.3, 0.4) is 0 Å². The molecular formula is C16H17ClFNO2. The van der Waals surface area contributed by atoms with Crippen LogP contribution in [0.5, 0.6) is 0 Å². The predicted molar refractivity (Wildman–Crippen MR) is 82.2 cm³/mol. The largest absolute Gasteiger partial charge is 0.480 e. The molecule has 1 atom stereocenters. The molecule has 0 saturated heterocycles. The fourth-order valence-electron chi connectivity index (χ4n) is 2.29. The Balaban J connectivity index is 0.00000220. The molecule has 112 valence electrons. The van der Waals surface area contributed by atoms with Crippen LogP contribution in [-0.4, -0.2) is 29.6 Å². The maximum Gasteiger partial charge on any atom is 0.317 e. The van der Waals surface area contributed by atoms with Crippen LogP contribution in [0.2, 0.25) is 0 Å². The lowest BCUT2D eigenvalue weighted by Gasteiger charge is -2.27. The van der Waals surface area contributed by atoms with E-state index in [-0.39, 0.29) is 30.8 Å². The van der Waals surface area contributed by atoms with Crippen LogP contribution in [0, 0.1) is 5.82 Å². The molecule has 0 spiro atoms. The molecule has 0 saturated carbocycles. The summed E-state index contributed by atoms with van der Waals surface area (Å²) < 4.78 is 13.1.